The molecule has 2 N–H and O–H groups in total. The highest BCUT2D eigenvalue weighted by Gasteiger charge is 2.17. The Kier molecular flexibility index (Phi) is 4.96. The van der Waals surface area contributed by atoms with Crippen LogP contribution in [-0.4, -0.2) is 35.7 Å². The van der Waals surface area contributed by atoms with Gasteiger partial charge in [-0.2, -0.15) is 0 Å². The van der Waals surface area contributed by atoms with E-state index in [1.807, 2.05) is 0 Å². The highest BCUT2D eigenvalue weighted by Crippen LogP contribution is 2.19. The predicted molar refractivity (Wildman–Crippen MR) is 59.7 cm³/mol. The first-order valence-corrected chi connectivity index (χ1v) is 5.31. The molecule has 4 nitrogen and oxygen atoms in total. The Morgan fingerprint density at radius 3 is 2.56 bits per heavy atom. The van der Waals surface area contributed by atoms with Gasteiger partial charge in [-0.15, -0.1) is 0 Å². The van der Waals surface area contributed by atoms with Gasteiger partial charge in [0.1, 0.15) is 0 Å². The molecule has 0 unspecified atom stereocenters. The Morgan fingerprint density at radius 1 is 1.33 bits per heavy atom. The van der Waals surface area contributed by atoms with Crippen LogP contribution >= 0.6 is 0 Å². The molecule has 7 heteroatoms. The number of urea groups is 1. The molecule has 1 aromatic carbocycles. The number of rotatable bonds is 4. The molecule has 18 heavy (non-hydrogen) atoms. The highest BCUT2D eigenvalue weighted by molar-refractivity contribution is 5.89. The summed E-state index contributed by atoms with van der Waals surface area (Å²) in [4.78, 5) is 12.8. The number of nitrogens with zero attached hydrogens (tertiary/aromatic N) is 1. The van der Waals surface area contributed by atoms with E-state index in [0.717, 1.165) is 12.1 Å². The second-order valence-electron chi connectivity index (χ2n) is 3.46. The minimum Gasteiger partial charge on any atom is -0.395 e. The molecular formula is C11H13F3N2O2. The Hall–Kier alpha value is -1.76. The van der Waals surface area contributed by atoms with E-state index in [1.165, 1.54) is 4.90 Å². The molecule has 0 saturated heterocycles. The van der Waals surface area contributed by atoms with Crippen molar-refractivity contribution in [1.82, 2.24) is 4.90 Å². The van der Waals surface area contributed by atoms with Crippen LogP contribution in [0.25, 0.3) is 0 Å². The molecule has 0 aliphatic rings. The fourth-order valence-electron chi connectivity index (χ4n) is 1.34. The minimum absolute atomic E-state index is 0.0631. The average Bonchev–Trinajstić information content (AvgIpc) is 2.36. The Labute approximate surface area is 102 Å². The summed E-state index contributed by atoms with van der Waals surface area (Å²) in [5.74, 6) is -4.42. The molecular weight excluding hydrogens is 249 g/mol. The third kappa shape index (κ3) is 3.13. The summed E-state index contributed by atoms with van der Waals surface area (Å²) >= 11 is 0. The van der Waals surface area contributed by atoms with Gasteiger partial charge in [0.2, 0.25) is 0 Å². The minimum atomic E-state index is -1.64. The molecule has 0 aliphatic heterocycles. The summed E-state index contributed by atoms with van der Waals surface area (Å²) in [6, 6.07) is 0.950. The molecule has 0 bridgehead atoms. The van der Waals surface area contributed by atoms with Crippen LogP contribution in [0.5, 0.6) is 0 Å². The molecule has 0 heterocycles. The van der Waals surface area contributed by atoms with Gasteiger partial charge in [-0.1, -0.05) is 0 Å². The maximum Gasteiger partial charge on any atom is 0.321 e. The van der Waals surface area contributed by atoms with Gasteiger partial charge in [0.05, 0.1) is 12.3 Å². The van der Waals surface area contributed by atoms with Crippen molar-refractivity contribution < 1.29 is 23.1 Å². The number of hydrogen-bond acceptors (Lipinski definition) is 2. The van der Waals surface area contributed by atoms with Crippen molar-refractivity contribution in [2.24, 2.45) is 0 Å². The molecule has 100 valence electrons. The van der Waals surface area contributed by atoms with E-state index in [2.05, 4.69) is 5.32 Å². The number of hydrogen-bond donors (Lipinski definition) is 2. The van der Waals surface area contributed by atoms with Crippen LogP contribution in [0.3, 0.4) is 0 Å². The fourth-order valence-corrected chi connectivity index (χ4v) is 1.34. The van der Waals surface area contributed by atoms with Gasteiger partial charge in [-0.05, 0) is 19.1 Å². The quantitative estimate of drug-likeness (QED) is 0.815. The number of halogens is 3. The van der Waals surface area contributed by atoms with E-state index in [-0.39, 0.29) is 19.7 Å². The molecule has 0 aliphatic carbocycles. The van der Waals surface area contributed by atoms with Crippen molar-refractivity contribution in [3.05, 3.63) is 29.6 Å². The van der Waals surface area contributed by atoms with Gasteiger partial charge >= 0.3 is 6.03 Å². The van der Waals surface area contributed by atoms with E-state index >= 15 is 0 Å². The highest BCUT2D eigenvalue weighted by atomic mass is 19.2. The first-order valence-electron chi connectivity index (χ1n) is 5.31. The topological polar surface area (TPSA) is 52.6 Å². The summed E-state index contributed by atoms with van der Waals surface area (Å²) in [5, 5.41) is 10.8. The molecule has 0 saturated carbocycles. The van der Waals surface area contributed by atoms with Crippen molar-refractivity contribution in [1.29, 1.82) is 0 Å². The van der Waals surface area contributed by atoms with Gasteiger partial charge in [-0.25, -0.2) is 18.0 Å². The number of aliphatic hydroxyl groups excluding tert-OH is 1. The van der Waals surface area contributed by atoms with Crippen LogP contribution in [0.4, 0.5) is 23.7 Å². The zero-order valence-corrected chi connectivity index (χ0v) is 9.71. The van der Waals surface area contributed by atoms with E-state index in [9.17, 15) is 18.0 Å². The van der Waals surface area contributed by atoms with Crippen LogP contribution in [0.2, 0.25) is 0 Å². The van der Waals surface area contributed by atoms with Crippen molar-refractivity contribution in [3.63, 3.8) is 0 Å². The van der Waals surface area contributed by atoms with Gasteiger partial charge < -0.3 is 15.3 Å². The van der Waals surface area contributed by atoms with Gasteiger partial charge in [-0.3, -0.25) is 0 Å². The molecule has 0 radical (unpaired) electrons. The third-order valence-corrected chi connectivity index (χ3v) is 2.32. The summed E-state index contributed by atoms with van der Waals surface area (Å²) in [6.07, 6.45) is 0. The molecule has 0 spiro atoms. The van der Waals surface area contributed by atoms with Crippen LogP contribution in [-0.2, 0) is 0 Å². The number of carbonyl (C=O) groups is 1. The van der Waals surface area contributed by atoms with E-state index in [1.54, 1.807) is 6.92 Å². The number of aliphatic hydroxyl groups is 1. The van der Waals surface area contributed by atoms with Crippen molar-refractivity contribution in [2.75, 3.05) is 25.0 Å². The first kappa shape index (κ1) is 14.3. The number of amides is 2. The zero-order valence-electron chi connectivity index (χ0n) is 9.71. The predicted octanol–water partition coefficient (Wildman–Crippen LogP) is 1.95. The molecule has 0 fully saturated rings. The normalized spacial score (nSPS) is 10.3. The zero-order chi connectivity index (χ0) is 13.7. The first-order chi connectivity index (χ1) is 8.51. The van der Waals surface area contributed by atoms with E-state index in [4.69, 9.17) is 5.11 Å². The summed E-state index contributed by atoms with van der Waals surface area (Å²) in [7, 11) is 0. The lowest BCUT2D eigenvalue weighted by Gasteiger charge is -2.20. The lowest BCUT2D eigenvalue weighted by molar-refractivity contribution is 0.192. The Bertz CT molecular complexity index is 441. The number of nitrogens with one attached hydrogen (secondary N) is 1. The van der Waals surface area contributed by atoms with E-state index < -0.39 is 29.2 Å². The van der Waals surface area contributed by atoms with Gasteiger partial charge in [0, 0.05) is 13.1 Å². The number of anilines is 1. The lowest BCUT2D eigenvalue weighted by Crippen LogP contribution is -2.37. The molecule has 0 atom stereocenters. The SMILES string of the molecule is CCN(CCO)C(=O)Nc1ccc(F)c(F)c1F. The summed E-state index contributed by atoms with van der Waals surface area (Å²) in [6.45, 7) is 1.77. The van der Waals surface area contributed by atoms with E-state index in [0.29, 0.717) is 0 Å². The maximum absolute atomic E-state index is 13.3. The lowest BCUT2D eigenvalue weighted by atomic mass is 10.3. The molecule has 1 aromatic rings. The summed E-state index contributed by atoms with van der Waals surface area (Å²) in [5.41, 5.74) is -0.449. The molecule has 2 amide bonds. The van der Waals surface area contributed by atoms with Crippen LogP contribution in [0, 0.1) is 17.5 Å². The van der Waals surface area contributed by atoms with Gasteiger partial charge in [0.25, 0.3) is 0 Å². The second kappa shape index (κ2) is 6.25. The third-order valence-electron chi connectivity index (χ3n) is 2.32. The Balaban J connectivity index is 2.85. The van der Waals surface area contributed by atoms with Crippen molar-refractivity contribution in [3.8, 4) is 0 Å². The summed E-state index contributed by atoms with van der Waals surface area (Å²) < 4.78 is 38.9. The number of carbonyl (C=O) groups excluding carboxylic acids is 1. The van der Waals surface area contributed by atoms with Crippen LogP contribution < -0.4 is 5.32 Å². The number of benzene rings is 1. The maximum atomic E-state index is 13.3. The number of likely N-dealkylation sites (N-methyl/N-ethyl adjacent to an activating group) is 1. The molecule has 0 aromatic heterocycles. The smallest absolute Gasteiger partial charge is 0.321 e. The van der Waals surface area contributed by atoms with Crippen LogP contribution in [0.15, 0.2) is 12.1 Å². The Morgan fingerprint density at radius 2 is 2.00 bits per heavy atom. The van der Waals surface area contributed by atoms with Crippen molar-refractivity contribution in [2.45, 2.75) is 6.92 Å². The largest absolute Gasteiger partial charge is 0.395 e. The van der Waals surface area contributed by atoms with Crippen LogP contribution in [0.1, 0.15) is 6.92 Å². The monoisotopic (exact) mass is 262 g/mol. The van der Waals surface area contributed by atoms with Gasteiger partial charge in [0.15, 0.2) is 17.5 Å². The fraction of sp³-hybridized carbons (Fsp3) is 0.364. The average molecular weight is 262 g/mol. The molecule has 1 rings (SSSR count). The standard InChI is InChI=1S/C11H13F3N2O2/c1-2-16(5-6-17)11(18)15-8-4-3-7(12)9(13)10(8)14/h3-4,17H,2,5-6H2,1H3,(H,15,18). The second-order valence-corrected chi connectivity index (χ2v) is 3.46. The van der Waals surface area contributed by atoms with Crippen molar-refractivity contribution >= 4 is 11.7 Å².